The molecule has 0 spiro atoms. The van der Waals surface area contributed by atoms with Crippen LogP contribution in [0.5, 0.6) is 5.88 Å². The number of aliphatic hydroxyl groups excluding tert-OH is 1. The lowest BCUT2D eigenvalue weighted by molar-refractivity contribution is 0.0448. The molecule has 0 aliphatic heterocycles. The number of fused-ring (bicyclic) bond motifs is 1. The molecule has 146 valence electrons. The van der Waals surface area contributed by atoms with Crippen molar-refractivity contribution in [1.82, 2.24) is 24.9 Å². The smallest absolute Gasteiger partial charge is 0.257 e. The van der Waals surface area contributed by atoms with E-state index in [1.165, 1.54) is 16.9 Å². The molecule has 3 heterocycles. The maximum Gasteiger partial charge on any atom is 0.257 e. The normalized spacial score (nSPS) is 20.4. The van der Waals surface area contributed by atoms with Gasteiger partial charge in [-0.15, -0.1) is 0 Å². The summed E-state index contributed by atoms with van der Waals surface area (Å²) in [5.74, 6) is 0.356. The number of hydrogen-bond acceptors (Lipinski definition) is 8. The highest BCUT2D eigenvalue weighted by Crippen LogP contribution is 2.27. The number of carbonyl (C=O) groups is 1. The Labute approximate surface area is 165 Å². The third-order valence-electron chi connectivity index (χ3n) is 4.66. The number of nitrogens with one attached hydrogen (secondary N) is 3. The standard InChI is InChI=1S/C18H21N7O3/c1-19-15-8-14(22-12-4-3-7-20-18(12)28-2)24-16-10(9-21-25(15)16)17(27)23-11-5-6-13(11)26/h3-4,7-9,11,13,19,26H,5-6H2,1-2H3,(H,22,24)(H,23,27)/i2D3. The monoisotopic (exact) mass is 386 g/mol. The molecule has 1 saturated carbocycles. The molecule has 10 nitrogen and oxygen atoms in total. The van der Waals surface area contributed by atoms with E-state index in [1.54, 1.807) is 25.2 Å². The molecule has 1 aliphatic rings. The van der Waals surface area contributed by atoms with E-state index in [4.69, 9.17) is 8.85 Å². The number of pyridine rings is 1. The third-order valence-corrected chi connectivity index (χ3v) is 4.66. The minimum Gasteiger partial charge on any atom is -0.480 e. The van der Waals surface area contributed by atoms with Crippen molar-refractivity contribution in [3.8, 4) is 5.88 Å². The second kappa shape index (κ2) is 7.31. The van der Waals surface area contributed by atoms with E-state index in [0.717, 1.165) is 0 Å². The number of rotatable bonds is 6. The number of nitrogens with zero attached hydrogens (tertiary/aromatic N) is 4. The van der Waals surface area contributed by atoms with Gasteiger partial charge in [-0.1, -0.05) is 0 Å². The fourth-order valence-electron chi connectivity index (χ4n) is 2.97. The molecule has 0 saturated heterocycles. The summed E-state index contributed by atoms with van der Waals surface area (Å²) >= 11 is 0. The van der Waals surface area contributed by atoms with E-state index in [2.05, 4.69) is 31.0 Å². The molecular weight excluding hydrogens is 362 g/mol. The van der Waals surface area contributed by atoms with Gasteiger partial charge in [0.1, 0.15) is 22.9 Å². The van der Waals surface area contributed by atoms with Gasteiger partial charge in [-0.3, -0.25) is 4.79 Å². The molecule has 0 bridgehead atoms. The molecule has 28 heavy (non-hydrogen) atoms. The Morgan fingerprint density at radius 1 is 1.46 bits per heavy atom. The summed E-state index contributed by atoms with van der Waals surface area (Å²) in [6.07, 6.45) is 3.63. The topological polar surface area (TPSA) is 126 Å². The number of hydrogen-bond donors (Lipinski definition) is 4. The Kier molecular flexibility index (Phi) is 3.82. The largest absolute Gasteiger partial charge is 0.480 e. The fraction of sp³-hybridized carbons (Fsp3) is 0.333. The number of amides is 1. The number of aromatic nitrogens is 4. The summed E-state index contributed by atoms with van der Waals surface area (Å²) in [5.41, 5.74) is 0.813. The third kappa shape index (κ3) is 3.18. The zero-order chi connectivity index (χ0) is 22.2. The Hall–Kier alpha value is -3.40. The van der Waals surface area contributed by atoms with Crippen molar-refractivity contribution in [2.75, 3.05) is 24.7 Å². The first-order chi connectivity index (χ1) is 14.7. The van der Waals surface area contributed by atoms with Gasteiger partial charge in [-0.25, -0.2) is 9.97 Å². The highest BCUT2D eigenvalue weighted by atomic mass is 16.5. The molecule has 2 unspecified atom stereocenters. The van der Waals surface area contributed by atoms with E-state index in [0.29, 0.717) is 30.2 Å². The van der Waals surface area contributed by atoms with Crippen LogP contribution in [-0.2, 0) is 0 Å². The first-order valence-corrected chi connectivity index (χ1v) is 8.71. The van der Waals surface area contributed by atoms with E-state index >= 15 is 0 Å². The molecule has 1 aliphatic carbocycles. The number of carbonyl (C=O) groups excluding carboxylic acids is 1. The zero-order valence-electron chi connectivity index (χ0n) is 18.0. The highest BCUT2D eigenvalue weighted by molar-refractivity contribution is 6.00. The summed E-state index contributed by atoms with van der Waals surface area (Å²) in [7, 11) is -0.973. The molecule has 10 heteroatoms. The predicted molar refractivity (Wildman–Crippen MR) is 103 cm³/mol. The van der Waals surface area contributed by atoms with E-state index in [1.807, 2.05) is 0 Å². The Balaban J connectivity index is 1.67. The molecule has 1 amide bonds. The van der Waals surface area contributed by atoms with Gasteiger partial charge in [0, 0.05) is 19.3 Å². The first-order valence-electron chi connectivity index (χ1n) is 10.2. The first kappa shape index (κ1) is 14.6. The van der Waals surface area contributed by atoms with Crippen molar-refractivity contribution < 1.29 is 18.8 Å². The van der Waals surface area contributed by atoms with Crippen molar-refractivity contribution in [2.45, 2.75) is 25.0 Å². The van der Waals surface area contributed by atoms with Crippen LogP contribution in [0.2, 0.25) is 0 Å². The van der Waals surface area contributed by atoms with Gasteiger partial charge in [0.2, 0.25) is 5.88 Å². The molecule has 3 aromatic heterocycles. The van der Waals surface area contributed by atoms with Crippen LogP contribution in [0.3, 0.4) is 0 Å². The summed E-state index contributed by atoms with van der Waals surface area (Å²) in [4.78, 5) is 21.1. The Morgan fingerprint density at radius 3 is 3.07 bits per heavy atom. The van der Waals surface area contributed by atoms with Crippen molar-refractivity contribution in [3.63, 3.8) is 0 Å². The van der Waals surface area contributed by atoms with Gasteiger partial charge < -0.3 is 25.8 Å². The van der Waals surface area contributed by atoms with Crippen molar-refractivity contribution >= 4 is 28.9 Å². The minimum absolute atomic E-state index is 0.111. The lowest BCUT2D eigenvalue weighted by Gasteiger charge is -2.32. The van der Waals surface area contributed by atoms with Crippen LogP contribution in [0.25, 0.3) is 5.65 Å². The van der Waals surface area contributed by atoms with E-state index < -0.39 is 19.0 Å². The van der Waals surface area contributed by atoms with Crippen LogP contribution in [-0.4, -0.2) is 56.8 Å². The molecule has 2 atom stereocenters. The second-order valence-electron chi connectivity index (χ2n) is 6.38. The molecule has 0 aromatic carbocycles. The van der Waals surface area contributed by atoms with E-state index in [-0.39, 0.29) is 23.1 Å². The molecule has 4 rings (SSSR count). The predicted octanol–water partition coefficient (Wildman–Crippen LogP) is 1.17. The molecular formula is C18H21N7O3. The van der Waals surface area contributed by atoms with Crippen molar-refractivity contribution in [2.24, 2.45) is 0 Å². The van der Waals surface area contributed by atoms with Crippen LogP contribution < -0.4 is 20.7 Å². The lowest BCUT2D eigenvalue weighted by Crippen LogP contribution is -2.50. The SMILES string of the molecule is [2H]C([2H])([2H])Oc1ncccc1Nc1cc(NC)n2ncc(C(=O)NC3CCC3O)c2n1. The average Bonchev–Trinajstić information content (AvgIpc) is 3.14. The minimum atomic E-state index is -2.67. The van der Waals surface area contributed by atoms with Gasteiger partial charge >= 0.3 is 0 Å². The van der Waals surface area contributed by atoms with Gasteiger partial charge in [-0.05, 0) is 25.0 Å². The van der Waals surface area contributed by atoms with Crippen LogP contribution in [0.1, 0.15) is 27.3 Å². The summed E-state index contributed by atoms with van der Waals surface area (Å²) in [6.45, 7) is 0. The number of aliphatic hydroxyl groups is 1. The van der Waals surface area contributed by atoms with Crippen LogP contribution in [0.4, 0.5) is 17.3 Å². The maximum atomic E-state index is 12.7. The number of ether oxygens (including phenoxy) is 1. The van der Waals surface area contributed by atoms with Gasteiger partial charge in [0.05, 0.1) is 29.5 Å². The number of methoxy groups -OCH3 is 1. The molecule has 4 N–H and O–H groups in total. The summed E-state index contributed by atoms with van der Waals surface area (Å²) in [6, 6.07) is 4.57. The fourth-order valence-corrected chi connectivity index (χ4v) is 2.97. The van der Waals surface area contributed by atoms with Gasteiger partial charge in [0.15, 0.2) is 5.65 Å². The molecule has 1 fully saturated rings. The highest BCUT2D eigenvalue weighted by Gasteiger charge is 2.31. The van der Waals surface area contributed by atoms with Crippen LogP contribution in [0, 0.1) is 0 Å². The van der Waals surface area contributed by atoms with Crippen LogP contribution >= 0.6 is 0 Å². The Bertz CT molecular complexity index is 1120. The quantitative estimate of drug-likeness (QED) is 0.497. The lowest BCUT2D eigenvalue weighted by atomic mass is 9.89. The molecule has 0 radical (unpaired) electrons. The van der Waals surface area contributed by atoms with Gasteiger partial charge in [-0.2, -0.15) is 9.61 Å². The van der Waals surface area contributed by atoms with Crippen molar-refractivity contribution in [3.05, 3.63) is 36.2 Å². The van der Waals surface area contributed by atoms with Crippen molar-refractivity contribution in [1.29, 1.82) is 0 Å². The Morgan fingerprint density at radius 2 is 2.36 bits per heavy atom. The zero-order valence-corrected chi connectivity index (χ0v) is 15.0. The number of anilines is 3. The van der Waals surface area contributed by atoms with E-state index in [9.17, 15) is 9.90 Å². The maximum absolute atomic E-state index is 12.7. The molecule has 3 aromatic rings. The summed E-state index contributed by atoms with van der Waals surface area (Å²) in [5, 5.41) is 22.7. The van der Waals surface area contributed by atoms with Crippen LogP contribution in [0.15, 0.2) is 30.6 Å². The summed E-state index contributed by atoms with van der Waals surface area (Å²) < 4.78 is 28.3. The van der Waals surface area contributed by atoms with Gasteiger partial charge in [0.25, 0.3) is 5.91 Å². The second-order valence-corrected chi connectivity index (χ2v) is 6.38. The average molecular weight is 386 g/mol.